The third-order valence-corrected chi connectivity index (χ3v) is 3.62. The fourth-order valence-electron chi connectivity index (χ4n) is 2.55. The average Bonchev–Trinajstić information content (AvgIpc) is 2.80. The van der Waals surface area contributed by atoms with Crippen molar-refractivity contribution in [3.05, 3.63) is 0 Å². The van der Waals surface area contributed by atoms with Crippen LogP contribution in [0.3, 0.4) is 0 Å². The minimum Gasteiger partial charge on any atom is -0.326 e. The van der Waals surface area contributed by atoms with E-state index in [0.717, 1.165) is 25.7 Å². The van der Waals surface area contributed by atoms with Crippen LogP contribution in [-0.4, -0.2) is 23.4 Å². The smallest absolute Gasteiger partial charge is 0.226 e. The van der Waals surface area contributed by atoms with Gasteiger partial charge in [-0.15, -0.1) is 0 Å². The van der Waals surface area contributed by atoms with Gasteiger partial charge in [-0.2, -0.15) is 5.26 Å². The fourth-order valence-corrected chi connectivity index (χ4v) is 2.55. The third-order valence-electron chi connectivity index (χ3n) is 3.62. The molecule has 0 aliphatic heterocycles. The first kappa shape index (κ1) is 13.0. The molecule has 0 unspecified atom stereocenters. The zero-order valence-corrected chi connectivity index (χ0v) is 10.4. The molecule has 1 aliphatic rings. The van der Waals surface area contributed by atoms with Gasteiger partial charge in [0.1, 0.15) is 6.54 Å². The van der Waals surface area contributed by atoms with Crippen LogP contribution >= 0.6 is 0 Å². The summed E-state index contributed by atoms with van der Waals surface area (Å²) < 4.78 is 0. The molecule has 0 aromatic heterocycles. The van der Waals surface area contributed by atoms with E-state index < -0.39 is 0 Å². The minimum atomic E-state index is 0.106. The molecule has 16 heavy (non-hydrogen) atoms. The van der Waals surface area contributed by atoms with Crippen LogP contribution in [0.1, 0.15) is 52.4 Å². The van der Waals surface area contributed by atoms with Crippen LogP contribution in [0.25, 0.3) is 0 Å². The molecule has 0 heterocycles. The van der Waals surface area contributed by atoms with Gasteiger partial charge in [0.15, 0.2) is 0 Å². The maximum atomic E-state index is 12.3. The van der Waals surface area contributed by atoms with Crippen LogP contribution < -0.4 is 0 Å². The summed E-state index contributed by atoms with van der Waals surface area (Å²) in [6.07, 6.45) is 6.31. The molecule has 0 aromatic rings. The van der Waals surface area contributed by atoms with E-state index in [1.807, 2.05) is 18.7 Å². The number of rotatable bonds is 5. The van der Waals surface area contributed by atoms with Crippen molar-refractivity contribution in [2.75, 3.05) is 6.54 Å². The molecule has 1 rings (SSSR count). The number of nitriles is 1. The third kappa shape index (κ3) is 2.98. The van der Waals surface area contributed by atoms with E-state index in [0.29, 0.717) is 6.04 Å². The van der Waals surface area contributed by atoms with Gasteiger partial charge in [0.2, 0.25) is 5.91 Å². The van der Waals surface area contributed by atoms with Gasteiger partial charge in [-0.25, -0.2) is 0 Å². The first-order valence-electron chi connectivity index (χ1n) is 6.42. The summed E-state index contributed by atoms with van der Waals surface area (Å²) in [5, 5.41) is 8.83. The molecule has 1 saturated carbocycles. The Labute approximate surface area is 98.4 Å². The van der Waals surface area contributed by atoms with Gasteiger partial charge in [-0.1, -0.05) is 26.7 Å². The molecule has 1 amide bonds. The van der Waals surface area contributed by atoms with E-state index in [4.69, 9.17) is 5.26 Å². The molecule has 3 heteroatoms. The molecule has 3 nitrogen and oxygen atoms in total. The molecule has 0 aromatic carbocycles. The number of carbonyl (C=O) groups is 1. The summed E-state index contributed by atoms with van der Waals surface area (Å²) in [5.74, 6) is 0.299. The molecular formula is C13H22N2O. The Morgan fingerprint density at radius 2 is 1.94 bits per heavy atom. The van der Waals surface area contributed by atoms with Crippen LogP contribution in [0.15, 0.2) is 0 Å². The summed E-state index contributed by atoms with van der Waals surface area (Å²) in [6.45, 7) is 4.36. The van der Waals surface area contributed by atoms with Crippen LogP contribution in [0.2, 0.25) is 0 Å². The molecule has 0 bridgehead atoms. The highest BCUT2D eigenvalue weighted by Gasteiger charge is 2.29. The molecule has 90 valence electrons. The van der Waals surface area contributed by atoms with Crippen LogP contribution in [0.5, 0.6) is 0 Å². The molecule has 0 atom stereocenters. The SMILES string of the molecule is CCC(CC)C(=O)N(CC#N)C1CCCC1. The molecule has 0 saturated heterocycles. The van der Waals surface area contributed by atoms with Crippen molar-refractivity contribution in [3.8, 4) is 6.07 Å². The topological polar surface area (TPSA) is 44.1 Å². The van der Waals surface area contributed by atoms with E-state index in [1.165, 1.54) is 12.8 Å². The van der Waals surface area contributed by atoms with E-state index in [1.54, 1.807) is 0 Å². The van der Waals surface area contributed by atoms with Crippen molar-refractivity contribution in [3.63, 3.8) is 0 Å². The second kappa shape index (κ2) is 6.52. The number of hydrogen-bond donors (Lipinski definition) is 0. The fraction of sp³-hybridized carbons (Fsp3) is 0.846. The molecule has 0 N–H and O–H groups in total. The monoisotopic (exact) mass is 222 g/mol. The van der Waals surface area contributed by atoms with Crippen LogP contribution in [-0.2, 0) is 4.79 Å². The summed E-state index contributed by atoms with van der Waals surface area (Å²) in [7, 11) is 0. The lowest BCUT2D eigenvalue weighted by atomic mass is 10.0. The quantitative estimate of drug-likeness (QED) is 0.671. The average molecular weight is 222 g/mol. The number of hydrogen-bond acceptors (Lipinski definition) is 2. The van der Waals surface area contributed by atoms with Gasteiger partial charge in [0.25, 0.3) is 0 Å². The summed E-state index contributed by atoms with van der Waals surface area (Å²) in [5.41, 5.74) is 0. The highest BCUT2D eigenvalue weighted by molar-refractivity contribution is 5.79. The zero-order valence-electron chi connectivity index (χ0n) is 10.4. The number of carbonyl (C=O) groups excluding carboxylic acids is 1. The lowest BCUT2D eigenvalue weighted by molar-refractivity contribution is -0.137. The lowest BCUT2D eigenvalue weighted by Crippen LogP contribution is -2.42. The lowest BCUT2D eigenvalue weighted by Gasteiger charge is -2.29. The van der Waals surface area contributed by atoms with Crippen molar-refractivity contribution in [2.45, 2.75) is 58.4 Å². The second-order valence-electron chi connectivity index (χ2n) is 4.58. The summed E-state index contributed by atoms with van der Waals surface area (Å²) in [4.78, 5) is 14.1. The minimum absolute atomic E-state index is 0.106. The standard InChI is InChI=1S/C13H22N2O/c1-3-11(4-2)13(16)15(10-9-14)12-7-5-6-8-12/h11-12H,3-8,10H2,1-2H3. The van der Waals surface area contributed by atoms with Crippen molar-refractivity contribution in [1.82, 2.24) is 4.90 Å². The zero-order chi connectivity index (χ0) is 12.0. The second-order valence-corrected chi connectivity index (χ2v) is 4.58. The van der Waals surface area contributed by atoms with Gasteiger partial charge < -0.3 is 4.90 Å². The maximum absolute atomic E-state index is 12.3. The van der Waals surface area contributed by atoms with E-state index in [9.17, 15) is 4.79 Å². The Bertz CT molecular complexity index is 260. The first-order valence-corrected chi connectivity index (χ1v) is 6.42. The number of amides is 1. The molecule has 1 aliphatic carbocycles. The van der Waals surface area contributed by atoms with Crippen molar-refractivity contribution in [2.24, 2.45) is 5.92 Å². The van der Waals surface area contributed by atoms with Crippen LogP contribution in [0, 0.1) is 17.2 Å². The first-order chi connectivity index (χ1) is 7.74. The predicted molar refractivity (Wildman–Crippen MR) is 63.7 cm³/mol. The summed E-state index contributed by atoms with van der Waals surface area (Å²) in [6, 6.07) is 2.46. The normalized spacial score (nSPS) is 16.4. The molecule has 1 fully saturated rings. The van der Waals surface area contributed by atoms with Crippen LogP contribution in [0.4, 0.5) is 0 Å². The van der Waals surface area contributed by atoms with Gasteiger partial charge in [0, 0.05) is 12.0 Å². The van der Waals surface area contributed by atoms with Crippen molar-refractivity contribution < 1.29 is 4.79 Å². The Morgan fingerprint density at radius 1 is 1.38 bits per heavy atom. The summed E-state index contributed by atoms with van der Waals surface area (Å²) >= 11 is 0. The Balaban J connectivity index is 2.68. The van der Waals surface area contributed by atoms with E-state index >= 15 is 0 Å². The van der Waals surface area contributed by atoms with Gasteiger partial charge in [0.05, 0.1) is 6.07 Å². The van der Waals surface area contributed by atoms with Gasteiger partial charge >= 0.3 is 0 Å². The Kier molecular flexibility index (Phi) is 5.31. The Morgan fingerprint density at radius 3 is 2.38 bits per heavy atom. The van der Waals surface area contributed by atoms with Crippen molar-refractivity contribution >= 4 is 5.91 Å². The molecule has 0 radical (unpaired) electrons. The Hall–Kier alpha value is -1.04. The van der Waals surface area contributed by atoms with E-state index in [-0.39, 0.29) is 18.4 Å². The van der Waals surface area contributed by atoms with Gasteiger partial charge in [-0.05, 0) is 25.7 Å². The highest BCUT2D eigenvalue weighted by Crippen LogP contribution is 2.25. The largest absolute Gasteiger partial charge is 0.326 e. The highest BCUT2D eigenvalue weighted by atomic mass is 16.2. The molecular weight excluding hydrogens is 200 g/mol. The van der Waals surface area contributed by atoms with E-state index in [2.05, 4.69) is 6.07 Å². The van der Waals surface area contributed by atoms with Gasteiger partial charge in [-0.3, -0.25) is 4.79 Å². The number of nitrogens with zero attached hydrogens (tertiary/aromatic N) is 2. The predicted octanol–water partition coefficient (Wildman–Crippen LogP) is 2.72. The van der Waals surface area contributed by atoms with Crippen molar-refractivity contribution in [1.29, 1.82) is 5.26 Å². The molecule has 0 spiro atoms. The maximum Gasteiger partial charge on any atom is 0.226 e.